The van der Waals surface area contributed by atoms with Crippen LogP contribution in [0.25, 0.3) is 0 Å². The van der Waals surface area contributed by atoms with Gasteiger partial charge in [0, 0.05) is 26.1 Å². The maximum Gasteiger partial charge on any atom is 0.386 e. The van der Waals surface area contributed by atoms with Crippen molar-refractivity contribution in [1.82, 2.24) is 0 Å². The van der Waals surface area contributed by atoms with Gasteiger partial charge in [-0.2, -0.15) is 13.2 Å². The molecule has 4 nitrogen and oxygen atoms in total. The van der Waals surface area contributed by atoms with E-state index in [1.807, 2.05) is 87.4 Å². The normalized spacial score (nSPS) is 6.89. The van der Waals surface area contributed by atoms with Crippen molar-refractivity contribution in [1.29, 1.82) is 0 Å². The minimum absolute atomic E-state index is 0. The molecule has 0 spiro atoms. The molecule has 0 aliphatic carbocycles. The van der Waals surface area contributed by atoms with Crippen LogP contribution in [0.15, 0.2) is 30.3 Å². The van der Waals surface area contributed by atoms with Crippen molar-refractivity contribution >= 4 is 0 Å². The quantitative estimate of drug-likeness (QED) is 0.180. The Morgan fingerprint density at radius 2 is 0.895 bits per heavy atom. The number of halogens is 3. The average Bonchev–Trinajstić information content (AvgIpc) is 2.80. The molecule has 0 bridgehead atoms. The Morgan fingerprint density at radius 3 is 0.947 bits per heavy atom. The molecule has 0 aliphatic heterocycles. The fraction of sp³-hybridized carbons (Fsp3) is 0.742. The fourth-order valence-electron chi connectivity index (χ4n) is 0.534. The van der Waals surface area contributed by atoms with Crippen molar-refractivity contribution < 1.29 is 22.8 Å². The Bertz CT molecular complexity index is 424. The molecule has 0 aromatic heterocycles. The Morgan fingerprint density at radius 1 is 0.789 bits per heavy atom. The second kappa shape index (κ2) is 76.5. The molecule has 0 fully saturated rings. The third kappa shape index (κ3) is 1050. The highest BCUT2D eigenvalue weighted by Crippen LogP contribution is 2.10. The smallest absolute Gasteiger partial charge is 0.386 e. The number of hydrogen-bond acceptors (Lipinski definition) is 3. The van der Waals surface area contributed by atoms with Gasteiger partial charge in [-0.3, -0.25) is 10.1 Å². The SMILES string of the molecule is C.C#CC.CC.CC.CC.CC.CC.CC(C)(C)C.CC(F)(F)F.COC.C[N+](=O)[O-].Cc1ccccc1. The van der Waals surface area contributed by atoms with Crippen molar-refractivity contribution in [2.75, 3.05) is 21.3 Å². The molecule has 0 unspecified atom stereocenters. The van der Waals surface area contributed by atoms with Gasteiger partial charge in [0.2, 0.25) is 0 Å². The van der Waals surface area contributed by atoms with E-state index in [4.69, 9.17) is 10.1 Å². The van der Waals surface area contributed by atoms with E-state index >= 15 is 0 Å². The van der Waals surface area contributed by atoms with Crippen LogP contribution >= 0.6 is 0 Å². The number of nitro groups is 1. The third-order valence-electron chi connectivity index (χ3n) is 0.940. The lowest BCUT2D eigenvalue weighted by Gasteiger charge is -2.05. The molecule has 0 N–H and O–H groups in total. The molecule has 0 heterocycles. The summed E-state index contributed by atoms with van der Waals surface area (Å²) in [4.78, 5) is 8.31. The third-order valence-corrected chi connectivity index (χ3v) is 0.940. The highest BCUT2D eigenvalue weighted by Gasteiger charge is 2.15. The first kappa shape index (κ1) is 70.5. The van der Waals surface area contributed by atoms with E-state index in [-0.39, 0.29) is 14.4 Å². The molecule has 1 aromatic carbocycles. The summed E-state index contributed by atoms with van der Waals surface area (Å²) in [5, 5.41) is 8.81. The van der Waals surface area contributed by atoms with Gasteiger partial charge in [-0.15, -0.1) is 12.3 Å². The molecule has 0 saturated heterocycles. The monoisotopic (exact) mass is 562 g/mol. The number of aryl methyl sites for hydroxylation is 1. The fourth-order valence-corrected chi connectivity index (χ4v) is 0.534. The number of rotatable bonds is 0. The summed E-state index contributed by atoms with van der Waals surface area (Å²) >= 11 is 0. The molecule has 0 aliphatic rings. The topological polar surface area (TPSA) is 52.4 Å². The molecular formula is C31H70F3NO3. The molecular weight excluding hydrogens is 491 g/mol. The molecule has 1 rings (SSSR count). The molecule has 38 heavy (non-hydrogen) atoms. The number of methoxy groups -OCH3 is 1. The van der Waals surface area contributed by atoms with E-state index in [9.17, 15) is 13.2 Å². The molecule has 7 heteroatoms. The highest BCUT2D eigenvalue weighted by molar-refractivity contribution is 5.11. The predicted octanol–water partition coefficient (Wildman–Crippen LogP) is 12.2. The van der Waals surface area contributed by atoms with Crippen LogP contribution in [0.4, 0.5) is 13.2 Å². The number of nitrogens with zero attached hydrogens (tertiary/aromatic N) is 1. The summed E-state index contributed by atoms with van der Waals surface area (Å²) in [5.74, 6) is 2.25. The molecule has 1 aromatic rings. The van der Waals surface area contributed by atoms with Crippen LogP contribution in [0.2, 0.25) is 0 Å². The summed E-state index contributed by atoms with van der Waals surface area (Å²) in [6, 6.07) is 10.3. The second-order valence-electron chi connectivity index (χ2n) is 6.57. The number of hydrogen-bond donors (Lipinski definition) is 0. The van der Waals surface area contributed by atoms with Gasteiger partial charge in [-0.05, 0) is 19.3 Å². The van der Waals surface area contributed by atoms with Crippen molar-refractivity contribution in [3.63, 3.8) is 0 Å². The summed E-state index contributed by atoms with van der Waals surface area (Å²) in [5.41, 5.74) is 1.82. The first-order valence-corrected chi connectivity index (χ1v) is 12.9. The minimum atomic E-state index is -4.00. The van der Waals surface area contributed by atoms with Crippen LogP contribution in [0.1, 0.15) is 124 Å². The van der Waals surface area contributed by atoms with Gasteiger partial charge < -0.3 is 4.74 Å². The second-order valence-corrected chi connectivity index (χ2v) is 6.57. The van der Waals surface area contributed by atoms with E-state index < -0.39 is 11.1 Å². The van der Waals surface area contributed by atoms with E-state index in [2.05, 4.69) is 63.8 Å². The lowest BCUT2D eigenvalue weighted by Crippen LogP contribution is -1.95. The van der Waals surface area contributed by atoms with Crippen molar-refractivity contribution in [2.24, 2.45) is 5.41 Å². The van der Waals surface area contributed by atoms with Crippen LogP contribution < -0.4 is 0 Å². The first-order chi connectivity index (χ1) is 17.0. The summed E-state index contributed by atoms with van der Waals surface area (Å²) in [7, 11) is 4.14. The predicted molar refractivity (Wildman–Crippen MR) is 172 cm³/mol. The maximum absolute atomic E-state index is 10.4. The van der Waals surface area contributed by atoms with Crippen LogP contribution in [-0.2, 0) is 4.74 Å². The molecule has 0 amide bonds. The number of benzene rings is 1. The van der Waals surface area contributed by atoms with Crippen LogP contribution in [-0.4, -0.2) is 32.4 Å². The highest BCUT2D eigenvalue weighted by atomic mass is 19.4. The molecule has 0 saturated carbocycles. The van der Waals surface area contributed by atoms with E-state index in [0.717, 1.165) is 7.05 Å². The van der Waals surface area contributed by atoms with Crippen molar-refractivity contribution in [3.05, 3.63) is 46.0 Å². The van der Waals surface area contributed by atoms with E-state index in [1.54, 1.807) is 21.1 Å². The summed E-state index contributed by atoms with van der Waals surface area (Å²) < 4.78 is 35.3. The van der Waals surface area contributed by atoms with Crippen molar-refractivity contribution in [3.8, 4) is 12.3 Å². The zero-order valence-electron chi connectivity index (χ0n) is 28.3. The van der Waals surface area contributed by atoms with Gasteiger partial charge in [0.15, 0.2) is 7.05 Å². The van der Waals surface area contributed by atoms with Crippen LogP contribution in [0, 0.1) is 34.8 Å². The number of ether oxygens (including phenoxy) is 1. The van der Waals surface area contributed by atoms with Gasteiger partial charge >= 0.3 is 6.18 Å². The van der Waals surface area contributed by atoms with Crippen LogP contribution in [0.3, 0.4) is 0 Å². The average molecular weight is 562 g/mol. The molecule has 238 valence electrons. The summed E-state index contributed by atoms with van der Waals surface area (Å²) in [6.45, 7) is 32.7. The number of alkyl halides is 3. The number of terminal acetylenes is 1. The zero-order chi connectivity index (χ0) is 33.1. The van der Waals surface area contributed by atoms with Gasteiger partial charge in [-0.1, -0.05) is 140 Å². The van der Waals surface area contributed by atoms with Gasteiger partial charge in [0.05, 0.1) is 0 Å². The van der Waals surface area contributed by atoms with E-state index in [0.29, 0.717) is 5.41 Å². The standard InChI is InChI=1S/C7H8.C5H12.C3H4.C2H3F3.C2H6O.5C2H6.CH3NO2.CH4/c1-7-5-3-2-4-6-7;1-5(2,3)4;1-3-2;1-2(3,4)5;1-3-2;5*1-2;1-2(3)4;/h2-6H,1H3;1-4H3;1H,2H3;1H3;1-2H3;5*1-2H3;1H3;1H4. The first-order valence-electron chi connectivity index (χ1n) is 12.9. The lowest BCUT2D eigenvalue weighted by atomic mass is 10.0. The Balaban J connectivity index is -0.0000000243. The molecule has 0 radical (unpaired) electrons. The van der Waals surface area contributed by atoms with Gasteiger partial charge in [0.25, 0.3) is 0 Å². The van der Waals surface area contributed by atoms with Gasteiger partial charge in [0.1, 0.15) is 0 Å². The largest absolute Gasteiger partial charge is 0.388 e. The lowest BCUT2D eigenvalue weighted by molar-refractivity contribution is -0.445. The Kier molecular flexibility index (Phi) is 142. The maximum atomic E-state index is 10.4. The summed E-state index contributed by atoms with van der Waals surface area (Å²) in [6.07, 6.45) is 0.597. The Labute approximate surface area is 239 Å². The van der Waals surface area contributed by atoms with E-state index in [1.165, 1.54) is 5.56 Å². The van der Waals surface area contributed by atoms with Crippen LogP contribution in [0.5, 0.6) is 0 Å². The Hall–Kier alpha value is -2.07. The minimum Gasteiger partial charge on any atom is -0.388 e. The zero-order valence-corrected chi connectivity index (χ0v) is 28.3. The van der Waals surface area contributed by atoms with Crippen molar-refractivity contribution in [2.45, 2.75) is 131 Å². The molecule has 0 atom stereocenters. The van der Waals surface area contributed by atoms with Gasteiger partial charge in [-0.25, -0.2) is 0 Å².